The van der Waals surface area contributed by atoms with Crippen molar-refractivity contribution in [3.8, 4) is 0 Å². The van der Waals surface area contributed by atoms with Gasteiger partial charge in [-0.25, -0.2) is 0 Å². The van der Waals surface area contributed by atoms with Crippen molar-refractivity contribution in [1.82, 2.24) is 4.98 Å². The fourth-order valence-corrected chi connectivity index (χ4v) is 1.94. The molecule has 1 aromatic carbocycles. The van der Waals surface area contributed by atoms with Gasteiger partial charge in [0.2, 0.25) is 0 Å². The van der Waals surface area contributed by atoms with E-state index in [1.807, 2.05) is 38.1 Å². The molecule has 0 fully saturated rings. The summed E-state index contributed by atoms with van der Waals surface area (Å²) in [7, 11) is 0. The molecule has 0 aliphatic rings. The molecule has 0 aliphatic carbocycles. The Morgan fingerprint density at radius 3 is 2.74 bits per heavy atom. The Balaban J connectivity index is 2.34. The summed E-state index contributed by atoms with van der Waals surface area (Å²) < 4.78 is 0. The molecule has 1 amide bonds. The number of nitrogens with zero attached hydrogens (tertiary/aromatic N) is 2. The van der Waals surface area contributed by atoms with E-state index >= 15 is 0 Å². The van der Waals surface area contributed by atoms with Gasteiger partial charge in [-0.1, -0.05) is 12.1 Å². The molecule has 1 aromatic heterocycles. The summed E-state index contributed by atoms with van der Waals surface area (Å²) in [5, 5.41) is 0. The number of carbonyl (C=O) groups is 1. The molecule has 0 atom stereocenters. The third-order valence-corrected chi connectivity index (χ3v) is 2.88. The van der Waals surface area contributed by atoms with Crippen LogP contribution in [0.15, 0.2) is 42.6 Å². The number of nitrogens with two attached hydrogens (primary N) is 1. The average Bonchev–Trinajstić information content (AvgIpc) is 2.39. The van der Waals surface area contributed by atoms with Gasteiger partial charge in [-0.15, -0.1) is 0 Å². The Hall–Kier alpha value is -2.36. The number of amides is 1. The lowest BCUT2D eigenvalue weighted by Gasteiger charge is -2.21. The number of hydrogen-bond acceptors (Lipinski definition) is 3. The predicted molar refractivity (Wildman–Crippen MR) is 77.2 cm³/mol. The number of nitrogen functional groups attached to an aromatic ring is 1. The summed E-state index contributed by atoms with van der Waals surface area (Å²) >= 11 is 0. The molecule has 4 heteroatoms. The molecule has 98 valence electrons. The Labute approximate surface area is 112 Å². The molecular formula is C15H17N3O. The van der Waals surface area contributed by atoms with Crippen LogP contribution >= 0.6 is 0 Å². The number of anilines is 2. The zero-order chi connectivity index (χ0) is 13.8. The van der Waals surface area contributed by atoms with Crippen LogP contribution < -0.4 is 10.6 Å². The fourth-order valence-electron chi connectivity index (χ4n) is 1.94. The van der Waals surface area contributed by atoms with E-state index in [0.29, 0.717) is 17.9 Å². The van der Waals surface area contributed by atoms with Crippen LogP contribution in [0.4, 0.5) is 11.4 Å². The summed E-state index contributed by atoms with van der Waals surface area (Å²) in [5.74, 6) is -0.139. The van der Waals surface area contributed by atoms with Crippen molar-refractivity contribution >= 4 is 17.3 Å². The highest BCUT2D eigenvalue weighted by Crippen LogP contribution is 2.18. The second kappa shape index (κ2) is 5.52. The van der Waals surface area contributed by atoms with Gasteiger partial charge in [-0.3, -0.25) is 9.78 Å². The second-order valence-electron chi connectivity index (χ2n) is 4.36. The van der Waals surface area contributed by atoms with Gasteiger partial charge in [0.25, 0.3) is 5.91 Å². The van der Waals surface area contributed by atoms with Crippen molar-refractivity contribution in [2.75, 3.05) is 17.2 Å². The van der Waals surface area contributed by atoms with E-state index < -0.39 is 0 Å². The first-order valence-corrected chi connectivity index (χ1v) is 6.22. The number of benzene rings is 1. The Morgan fingerprint density at radius 2 is 2.11 bits per heavy atom. The highest BCUT2D eigenvalue weighted by molar-refractivity contribution is 6.05. The highest BCUT2D eigenvalue weighted by Gasteiger charge is 2.17. The number of carbonyl (C=O) groups excluding carboxylic acids is 1. The first kappa shape index (κ1) is 13.1. The Kier molecular flexibility index (Phi) is 3.80. The second-order valence-corrected chi connectivity index (χ2v) is 4.36. The van der Waals surface area contributed by atoms with Gasteiger partial charge in [0.05, 0.1) is 0 Å². The number of aryl methyl sites for hydroxylation is 1. The van der Waals surface area contributed by atoms with E-state index in [9.17, 15) is 4.79 Å². The molecule has 0 aliphatic heterocycles. The van der Waals surface area contributed by atoms with E-state index in [0.717, 1.165) is 11.3 Å². The summed E-state index contributed by atoms with van der Waals surface area (Å²) in [6, 6.07) is 11.1. The quantitative estimate of drug-likeness (QED) is 0.917. The SMILES string of the molecule is CCN(C(=O)c1cc(N)ccn1)c1cccc(C)c1. The highest BCUT2D eigenvalue weighted by atomic mass is 16.2. The van der Waals surface area contributed by atoms with Crippen molar-refractivity contribution in [3.05, 3.63) is 53.9 Å². The molecular weight excluding hydrogens is 238 g/mol. The molecule has 19 heavy (non-hydrogen) atoms. The van der Waals surface area contributed by atoms with Crippen molar-refractivity contribution < 1.29 is 4.79 Å². The maximum absolute atomic E-state index is 12.4. The van der Waals surface area contributed by atoms with Crippen LogP contribution in [-0.2, 0) is 0 Å². The number of hydrogen-bond donors (Lipinski definition) is 1. The number of aromatic nitrogens is 1. The van der Waals surface area contributed by atoms with Gasteiger partial charge in [0, 0.05) is 24.1 Å². The lowest BCUT2D eigenvalue weighted by Crippen LogP contribution is -2.31. The first-order chi connectivity index (χ1) is 9.11. The van der Waals surface area contributed by atoms with Crippen LogP contribution in [0, 0.1) is 6.92 Å². The van der Waals surface area contributed by atoms with Gasteiger partial charge in [-0.2, -0.15) is 0 Å². The van der Waals surface area contributed by atoms with Crippen LogP contribution in [0.5, 0.6) is 0 Å². The minimum absolute atomic E-state index is 0.139. The van der Waals surface area contributed by atoms with Gasteiger partial charge in [0.15, 0.2) is 0 Å². The maximum Gasteiger partial charge on any atom is 0.276 e. The first-order valence-electron chi connectivity index (χ1n) is 6.22. The standard InChI is InChI=1S/C15H17N3O/c1-3-18(13-6-4-5-11(2)9-13)15(19)14-10-12(16)7-8-17-14/h4-10H,3H2,1-2H3,(H2,16,17). The molecule has 2 N–H and O–H groups in total. The van der Waals surface area contributed by atoms with Gasteiger partial charge in [-0.05, 0) is 43.7 Å². The summed E-state index contributed by atoms with van der Waals surface area (Å²) in [6.45, 7) is 4.52. The largest absolute Gasteiger partial charge is 0.399 e. The van der Waals surface area contributed by atoms with E-state index in [2.05, 4.69) is 4.98 Å². The lowest BCUT2D eigenvalue weighted by molar-refractivity contribution is 0.0983. The summed E-state index contributed by atoms with van der Waals surface area (Å²) in [4.78, 5) is 18.2. The summed E-state index contributed by atoms with van der Waals surface area (Å²) in [6.07, 6.45) is 1.55. The van der Waals surface area contributed by atoms with Crippen molar-refractivity contribution in [3.63, 3.8) is 0 Å². The van der Waals surface area contributed by atoms with Crippen molar-refractivity contribution in [2.24, 2.45) is 0 Å². The molecule has 1 heterocycles. The van der Waals surface area contributed by atoms with Crippen LogP contribution in [-0.4, -0.2) is 17.4 Å². The van der Waals surface area contributed by atoms with Crippen LogP contribution in [0.1, 0.15) is 23.0 Å². The van der Waals surface area contributed by atoms with Gasteiger partial charge >= 0.3 is 0 Å². The zero-order valence-electron chi connectivity index (χ0n) is 11.1. The minimum atomic E-state index is -0.139. The van der Waals surface area contributed by atoms with Crippen LogP contribution in [0.3, 0.4) is 0 Å². The van der Waals surface area contributed by atoms with Crippen LogP contribution in [0.25, 0.3) is 0 Å². The molecule has 0 bridgehead atoms. The molecule has 2 rings (SSSR count). The third-order valence-electron chi connectivity index (χ3n) is 2.88. The smallest absolute Gasteiger partial charge is 0.276 e. The Morgan fingerprint density at radius 1 is 1.32 bits per heavy atom. The molecule has 2 aromatic rings. The average molecular weight is 255 g/mol. The van der Waals surface area contributed by atoms with E-state index in [4.69, 9.17) is 5.73 Å². The van der Waals surface area contributed by atoms with Gasteiger partial charge in [0.1, 0.15) is 5.69 Å². The molecule has 0 saturated carbocycles. The monoisotopic (exact) mass is 255 g/mol. The minimum Gasteiger partial charge on any atom is -0.399 e. The molecule has 4 nitrogen and oxygen atoms in total. The van der Waals surface area contributed by atoms with E-state index in [1.54, 1.807) is 23.2 Å². The Bertz CT molecular complexity index is 595. The lowest BCUT2D eigenvalue weighted by atomic mass is 10.2. The number of pyridine rings is 1. The van der Waals surface area contributed by atoms with E-state index in [1.165, 1.54) is 0 Å². The van der Waals surface area contributed by atoms with Crippen LogP contribution in [0.2, 0.25) is 0 Å². The topological polar surface area (TPSA) is 59.2 Å². The zero-order valence-corrected chi connectivity index (χ0v) is 11.1. The molecule has 0 spiro atoms. The molecule has 0 radical (unpaired) electrons. The fraction of sp³-hybridized carbons (Fsp3) is 0.200. The third kappa shape index (κ3) is 2.91. The predicted octanol–water partition coefficient (Wildman–Crippen LogP) is 2.64. The van der Waals surface area contributed by atoms with E-state index in [-0.39, 0.29) is 5.91 Å². The number of rotatable bonds is 3. The summed E-state index contributed by atoms with van der Waals surface area (Å²) in [5.41, 5.74) is 8.58. The molecule has 0 saturated heterocycles. The maximum atomic E-state index is 12.4. The normalized spacial score (nSPS) is 10.2. The molecule has 0 unspecified atom stereocenters. The van der Waals surface area contributed by atoms with Crippen molar-refractivity contribution in [2.45, 2.75) is 13.8 Å². The van der Waals surface area contributed by atoms with Crippen molar-refractivity contribution in [1.29, 1.82) is 0 Å². The van der Waals surface area contributed by atoms with Gasteiger partial charge < -0.3 is 10.6 Å².